The largest absolute Gasteiger partial charge is 0.457 e. The number of hydrogen-bond acceptors (Lipinski definition) is 4. The van der Waals surface area contributed by atoms with Crippen LogP contribution < -0.4 is 5.32 Å². The molecule has 0 saturated heterocycles. The minimum Gasteiger partial charge on any atom is -0.457 e. The molecule has 0 fully saturated rings. The zero-order chi connectivity index (χ0) is 18.0. The Balaban J connectivity index is 1.74. The first-order valence-electron chi connectivity index (χ1n) is 7.42. The van der Waals surface area contributed by atoms with Crippen molar-refractivity contribution < 1.29 is 22.7 Å². The molecule has 2 aromatic rings. The zero-order valence-corrected chi connectivity index (χ0v) is 14.0. The molecule has 0 unspecified atom stereocenters. The van der Waals surface area contributed by atoms with Gasteiger partial charge >= 0.3 is 12.1 Å². The van der Waals surface area contributed by atoms with Crippen LogP contribution in [0.2, 0.25) is 0 Å². The molecule has 0 aliphatic carbocycles. The number of fused-ring (bicyclic) bond motifs is 1. The monoisotopic (exact) mass is 365 g/mol. The standard InChI is InChI=1S/C18H14F3NO2S/c1-11-16(17(23)24-10-12-5-3-2-4-6-12)25-15-8-7-13(18(19,20)21)9-14(15)22-11/h2-9,22H,10H2,1H3. The van der Waals surface area contributed by atoms with Gasteiger partial charge < -0.3 is 10.1 Å². The molecule has 25 heavy (non-hydrogen) atoms. The fourth-order valence-corrected chi connectivity index (χ4v) is 3.24. The second-order valence-electron chi connectivity index (χ2n) is 5.45. The number of carbonyl (C=O) groups is 1. The van der Waals surface area contributed by atoms with Crippen molar-refractivity contribution in [3.05, 3.63) is 70.3 Å². The molecule has 3 rings (SSSR count). The van der Waals surface area contributed by atoms with E-state index in [4.69, 9.17) is 4.74 Å². The highest BCUT2D eigenvalue weighted by molar-refractivity contribution is 8.04. The third-order valence-electron chi connectivity index (χ3n) is 3.58. The Morgan fingerprint density at radius 3 is 2.56 bits per heavy atom. The van der Waals surface area contributed by atoms with E-state index in [9.17, 15) is 18.0 Å². The van der Waals surface area contributed by atoms with E-state index in [1.165, 1.54) is 6.07 Å². The number of alkyl halides is 3. The third-order valence-corrected chi connectivity index (χ3v) is 4.83. The van der Waals surface area contributed by atoms with Crippen molar-refractivity contribution in [2.24, 2.45) is 0 Å². The summed E-state index contributed by atoms with van der Waals surface area (Å²) in [5, 5.41) is 2.86. The molecule has 7 heteroatoms. The quantitative estimate of drug-likeness (QED) is 0.759. The van der Waals surface area contributed by atoms with E-state index in [-0.39, 0.29) is 6.61 Å². The number of nitrogens with one attached hydrogen (secondary N) is 1. The van der Waals surface area contributed by atoms with Gasteiger partial charge in [-0.05, 0) is 30.7 Å². The fourth-order valence-electron chi connectivity index (χ4n) is 2.32. The molecule has 0 bridgehead atoms. The molecule has 0 saturated carbocycles. The van der Waals surface area contributed by atoms with Gasteiger partial charge in [0.15, 0.2) is 0 Å². The molecule has 1 N–H and O–H groups in total. The SMILES string of the molecule is CC1=C(C(=O)OCc2ccccc2)Sc2ccc(C(F)(F)F)cc2N1. The van der Waals surface area contributed by atoms with E-state index in [2.05, 4.69) is 5.32 Å². The summed E-state index contributed by atoms with van der Waals surface area (Å²) in [6, 6.07) is 12.6. The maximum absolute atomic E-state index is 12.8. The highest BCUT2D eigenvalue weighted by Gasteiger charge is 2.32. The van der Waals surface area contributed by atoms with Gasteiger partial charge in [-0.2, -0.15) is 13.2 Å². The van der Waals surface area contributed by atoms with Gasteiger partial charge in [0.05, 0.1) is 11.3 Å². The number of rotatable bonds is 3. The van der Waals surface area contributed by atoms with Gasteiger partial charge in [-0.1, -0.05) is 42.1 Å². The number of anilines is 1. The van der Waals surface area contributed by atoms with Gasteiger partial charge in [0.2, 0.25) is 0 Å². The number of carbonyl (C=O) groups excluding carboxylic acids is 1. The Hall–Kier alpha value is -2.41. The topological polar surface area (TPSA) is 38.3 Å². The van der Waals surface area contributed by atoms with E-state index >= 15 is 0 Å². The lowest BCUT2D eigenvalue weighted by molar-refractivity contribution is -0.139. The Morgan fingerprint density at radius 1 is 1.16 bits per heavy atom. The average Bonchev–Trinajstić information content (AvgIpc) is 2.58. The molecule has 0 atom stereocenters. The van der Waals surface area contributed by atoms with Gasteiger partial charge in [-0.25, -0.2) is 4.79 Å². The summed E-state index contributed by atoms with van der Waals surface area (Å²) < 4.78 is 43.7. The highest BCUT2D eigenvalue weighted by Crippen LogP contribution is 2.42. The predicted octanol–water partition coefficient (Wildman–Crippen LogP) is 5.20. The number of thioether (sulfide) groups is 1. The summed E-state index contributed by atoms with van der Waals surface area (Å²) in [4.78, 5) is 13.2. The maximum Gasteiger partial charge on any atom is 0.416 e. The van der Waals surface area contributed by atoms with Gasteiger partial charge in [0, 0.05) is 10.6 Å². The number of hydrogen-bond donors (Lipinski definition) is 1. The molecule has 0 amide bonds. The molecule has 2 aromatic carbocycles. The lowest BCUT2D eigenvalue weighted by Gasteiger charge is -2.22. The molecule has 1 heterocycles. The highest BCUT2D eigenvalue weighted by atomic mass is 32.2. The third kappa shape index (κ3) is 3.99. The van der Waals surface area contributed by atoms with E-state index in [0.717, 1.165) is 29.5 Å². The summed E-state index contributed by atoms with van der Waals surface area (Å²) >= 11 is 1.10. The Kier molecular flexibility index (Phi) is 4.76. The maximum atomic E-state index is 12.8. The van der Waals surface area contributed by atoms with Crippen molar-refractivity contribution in [3.8, 4) is 0 Å². The van der Waals surface area contributed by atoms with E-state index in [1.54, 1.807) is 6.92 Å². The van der Waals surface area contributed by atoms with Gasteiger partial charge in [0.1, 0.15) is 11.5 Å². The Bertz CT molecular complexity index is 832. The molecule has 1 aliphatic heterocycles. The molecule has 0 spiro atoms. The average molecular weight is 365 g/mol. The smallest absolute Gasteiger partial charge is 0.416 e. The molecular formula is C18H14F3NO2S. The molecular weight excluding hydrogens is 351 g/mol. The number of halogens is 3. The van der Waals surface area contributed by atoms with Crippen molar-refractivity contribution in [3.63, 3.8) is 0 Å². The number of esters is 1. The molecule has 0 radical (unpaired) electrons. The molecule has 3 nitrogen and oxygen atoms in total. The summed E-state index contributed by atoms with van der Waals surface area (Å²) in [5.74, 6) is -0.510. The minimum atomic E-state index is -4.41. The minimum absolute atomic E-state index is 0.136. The van der Waals surface area contributed by atoms with Crippen LogP contribution in [0.4, 0.5) is 18.9 Å². The lowest BCUT2D eigenvalue weighted by Crippen LogP contribution is -2.15. The van der Waals surface area contributed by atoms with E-state index < -0.39 is 17.7 Å². The second-order valence-corrected chi connectivity index (χ2v) is 6.50. The fraction of sp³-hybridized carbons (Fsp3) is 0.167. The summed E-state index contributed by atoms with van der Waals surface area (Å²) in [5.41, 5.74) is 0.923. The summed E-state index contributed by atoms with van der Waals surface area (Å²) in [7, 11) is 0. The summed E-state index contributed by atoms with van der Waals surface area (Å²) in [6.07, 6.45) is -4.41. The van der Waals surface area contributed by atoms with Crippen LogP contribution in [0.25, 0.3) is 0 Å². The zero-order valence-electron chi connectivity index (χ0n) is 13.2. The second kappa shape index (κ2) is 6.84. The first kappa shape index (κ1) is 17.4. The first-order valence-corrected chi connectivity index (χ1v) is 8.24. The van der Waals surface area contributed by atoms with Crippen LogP contribution in [-0.4, -0.2) is 5.97 Å². The van der Waals surface area contributed by atoms with Crippen LogP contribution in [0.1, 0.15) is 18.1 Å². The van der Waals surface area contributed by atoms with Crippen LogP contribution in [0.5, 0.6) is 0 Å². The van der Waals surface area contributed by atoms with Crippen molar-refractivity contribution in [2.45, 2.75) is 24.6 Å². The first-order chi connectivity index (χ1) is 11.8. The van der Waals surface area contributed by atoms with Gasteiger partial charge in [-0.15, -0.1) is 0 Å². The van der Waals surface area contributed by atoms with Crippen molar-refractivity contribution in [1.29, 1.82) is 0 Å². The molecule has 1 aliphatic rings. The van der Waals surface area contributed by atoms with Crippen LogP contribution in [0.15, 0.2) is 64.0 Å². The molecule has 130 valence electrons. The number of allylic oxidation sites excluding steroid dienone is 1. The van der Waals surface area contributed by atoms with Crippen LogP contribution in [-0.2, 0) is 22.3 Å². The predicted molar refractivity (Wildman–Crippen MR) is 89.9 cm³/mol. The van der Waals surface area contributed by atoms with Crippen LogP contribution >= 0.6 is 11.8 Å². The van der Waals surface area contributed by atoms with E-state index in [0.29, 0.717) is 21.2 Å². The molecule has 0 aromatic heterocycles. The van der Waals surface area contributed by atoms with Gasteiger partial charge in [-0.3, -0.25) is 0 Å². The Labute approximate surface area is 146 Å². The number of benzene rings is 2. The van der Waals surface area contributed by atoms with Crippen molar-refractivity contribution >= 4 is 23.4 Å². The Morgan fingerprint density at radius 2 is 1.88 bits per heavy atom. The lowest BCUT2D eigenvalue weighted by atomic mass is 10.2. The van der Waals surface area contributed by atoms with Crippen molar-refractivity contribution in [2.75, 3.05) is 5.32 Å². The van der Waals surface area contributed by atoms with E-state index in [1.807, 2.05) is 30.3 Å². The van der Waals surface area contributed by atoms with Gasteiger partial charge in [0.25, 0.3) is 0 Å². The summed E-state index contributed by atoms with van der Waals surface area (Å²) in [6.45, 7) is 1.77. The van der Waals surface area contributed by atoms with Crippen molar-refractivity contribution in [1.82, 2.24) is 0 Å². The number of ether oxygens (including phenoxy) is 1. The normalized spacial score (nSPS) is 13.9. The van der Waals surface area contributed by atoms with Crippen LogP contribution in [0.3, 0.4) is 0 Å². The van der Waals surface area contributed by atoms with Crippen LogP contribution in [0, 0.1) is 0 Å².